The van der Waals surface area contributed by atoms with Crippen LogP contribution in [0.15, 0.2) is 36.4 Å². The third kappa shape index (κ3) is 5.66. The molecular weight excluding hydrogens is 404 g/mol. The van der Waals surface area contributed by atoms with Crippen LogP contribution in [0.25, 0.3) is 0 Å². The van der Waals surface area contributed by atoms with Crippen molar-refractivity contribution in [1.29, 1.82) is 0 Å². The molecule has 1 aliphatic rings. The van der Waals surface area contributed by atoms with Crippen LogP contribution in [-0.2, 0) is 16.0 Å². The molecule has 0 bridgehead atoms. The molecule has 7 nitrogen and oxygen atoms in total. The van der Waals surface area contributed by atoms with Gasteiger partial charge in [0.2, 0.25) is 11.8 Å². The van der Waals surface area contributed by atoms with Crippen molar-refractivity contribution in [2.24, 2.45) is 0 Å². The number of hydrogen-bond acceptors (Lipinski definition) is 4. The molecule has 0 unspecified atom stereocenters. The Kier molecular flexibility index (Phi) is 7.51. The highest BCUT2D eigenvalue weighted by molar-refractivity contribution is 5.98. The van der Waals surface area contributed by atoms with Crippen molar-refractivity contribution in [3.8, 4) is 0 Å². The Labute approximate surface area is 189 Å². The Morgan fingerprint density at radius 2 is 1.78 bits per heavy atom. The minimum absolute atomic E-state index is 0.0542. The predicted molar refractivity (Wildman–Crippen MR) is 127 cm³/mol. The zero-order chi connectivity index (χ0) is 23.3. The second-order valence-corrected chi connectivity index (χ2v) is 8.53. The Morgan fingerprint density at radius 3 is 2.53 bits per heavy atom. The second kappa shape index (κ2) is 10.3. The number of carbonyl (C=O) groups excluding carboxylic acids is 3. The number of nitrogens with one attached hydrogen (secondary N) is 3. The van der Waals surface area contributed by atoms with E-state index in [1.807, 2.05) is 69.0 Å². The Balaban J connectivity index is 1.60. The standard InChI is InChI=1S/C25H32N4O3/c1-16(2)27-25(32)20-9-6-12-22-19(20)10-7-13-29(22)15-24(31)26-14-23(30)28-21-11-5-8-17(3)18(21)4/h5-6,8-9,11-12,16H,7,10,13-15H2,1-4H3,(H,26,31)(H,27,32)(H,28,30). The third-order valence-electron chi connectivity index (χ3n) is 5.67. The number of aryl methyl sites for hydroxylation is 1. The van der Waals surface area contributed by atoms with E-state index in [0.29, 0.717) is 5.56 Å². The number of anilines is 2. The van der Waals surface area contributed by atoms with Crippen LogP contribution in [0.2, 0.25) is 0 Å². The summed E-state index contributed by atoms with van der Waals surface area (Å²) in [7, 11) is 0. The summed E-state index contributed by atoms with van der Waals surface area (Å²) in [6, 6.07) is 11.4. The van der Waals surface area contributed by atoms with Crippen LogP contribution in [0.4, 0.5) is 11.4 Å². The summed E-state index contributed by atoms with van der Waals surface area (Å²) in [6.45, 7) is 8.57. The first-order chi connectivity index (χ1) is 15.3. The molecule has 7 heteroatoms. The molecule has 0 saturated heterocycles. The average Bonchev–Trinajstić information content (AvgIpc) is 2.75. The van der Waals surface area contributed by atoms with Crippen molar-refractivity contribution in [2.45, 2.75) is 46.6 Å². The number of nitrogens with zero attached hydrogens (tertiary/aromatic N) is 1. The molecule has 3 amide bonds. The van der Waals surface area contributed by atoms with Gasteiger partial charge in [0.05, 0.1) is 13.1 Å². The normalized spacial score (nSPS) is 12.8. The van der Waals surface area contributed by atoms with Gasteiger partial charge < -0.3 is 20.9 Å². The van der Waals surface area contributed by atoms with E-state index >= 15 is 0 Å². The lowest BCUT2D eigenvalue weighted by atomic mass is 9.95. The van der Waals surface area contributed by atoms with Gasteiger partial charge in [0.1, 0.15) is 0 Å². The van der Waals surface area contributed by atoms with E-state index in [9.17, 15) is 14.4 Å². The van der Waals surface area contributed by atoms with Crippen molar-refractivity contribution < 1.29 is 14.4 Å². The van der Waals surface area contributed by atoms with Gasteiger partial charge in [-0.2, -0.15) is 0 Å². The minimum Gasteiger partial charge on any atom is -0.362 e. The van der Waals surface area contributed by atoms with Crippen LogP contribution in [0.1, 0.15) is 47.3 Å². The Morgan fingerprint density at radius 1 is 1.03 bits per heavy atom. The molecule has 2 aromatic rings. The van der Waals surface area contributed by atoms with Crippen molar-refractivity contribution >= 4 is 29.1 Å². The molecule has 170 valence electrons. The highest BCUT2D eigenvalue weighted by atomic mass is 16.2. The lowest BCUT2D eigenvalue weighted by molar-refractivity contribution is -0.123. The molecule has 32 heavy (non-hydrogen) atoms. The molecule has 3 N–H and O–H groups in total. The molecule has 0 fully saturated rings. The fourth-order valence-corrected chi connectivity index (χ4v) is 3.91. The molecular formula is C25H32N4O3. The van der Waals surface area contributed by atoms with Gasteiger partial charge in [-0.05, 0) is 75.4 Å². The lowest BCUT2D eigenvalue weighted by Gasteiger charge is -2.32. The molecule has 3 rings (SSSR count). The number of amides is 3. The Hall–Kier alpha value is -3.35. The average molecular weight is 437 g/mol. The molecule has 0 aliphatic carbocycles. The van der Waals surface area contributed by atoms with E-state index in [1.165, 1.54) is 0 Å². The first-order valence-electron chi connectivity index (χ1n) is 11.1. The van der Waals surface area contributed by atoms with E-state index < -0.39 is 0 Å². The second-order valence-electron chi connectivity index (χ2n) is 8.53. The van der Waals surface area contributed by atoms with Crippen LogP contribution in [0, 0.1) is 13.8 Å². The van der Waals surface area contributed by atoms with E-state index in [0.717, 1.165) is 47.5 Å². The molecule has 0 aromatic heterocycles. The monoisotopic (exact) mass is 436 g/mol. The first kappa shape index (κ1) is 23.3. The summed E-state index contributed by atoms with van der Waals surface area (Å²) in [5, 5.41) is 8.50. The molecule has 1 heterocycles. The number of hydrogen-bond donors (Lipinski definition) is 3. The highest BCUT2D eigenvalue weighted by Crippen LogP contribution is 2.29. The molecule has 1 aliphatic heterocycles. The van der Waals surface area contributed by atoms with Crippen LogP contribution in [0.5, 0.6) is 0 Å². The smallest absolute Gasteiger partial charge is 0.251 e. The van der Waals surface area contributed by atoms with Gasteiger partial charge in [0, 0.05) is 29.5 Å². The zero-order valence-electron chi connectivity index (χ0n) is 19.2. The highest BCUT2D eigenvalue weighted by Gasteiger charge is 2.24. The third-order valence-corrected chi connectivity index (χ3v) is 5.67. The van der Waals surface area contributed by atoms with Crippen LogP contribution >= 0.6 is 0 Å². The fourth-order valence-electron chi connectivity index (χ4n) is 3.91. The molecule has 2 aromatic carbocycles. The number of fused-ring (bicyclic) bond motifs is 1. The van der Waals surface area contributed by atoms with Crippen molar-refractivity contribution in [2.75, 3.05) is 29.9 Å². The maximum atomic E-state index is 12.6. The summed E-state index contributed by atoms with van der Waals surface area (Å²) in [5.41, 5.74) is 5.39. The summed E-state index contributed by atoms with van der Waals surface area (Å²) >= 11 is 0. The van der Waals surface area contributed by atoms with E-state index in [1.54, 1.807) is 0 Å². The lowest BCUT2D eigenvalue weighted by Crippen LogP contribution is -2.42. The first-order valence-corrected chi connectivity index (χ1v) is 11.1. The van der Waals surface area contributed by atoms with E-state index in [2.05, 4.69) is 16.0 Å². The van der Waals surface area contributed by atoms with E-state index in [-0.39, 0.29) is 36.9 Å². The zero-order valence-corrected chi connectivity index (χ0v) is 19.2. The summed E-state index contributed by atoms with van der Waals surface area (Å²) in [4.78, 5) is 39.4. The van der Waals surface area contributed by atoms with Crippen LogP contribution in [0.3, 0.4) is 0 Å². The minimum atomic E-state index is -0.265. The Bertz CT molecular complexity index is 1020. The van der Waals surface area contributed by atoms with Crippen molar-refractivity contribution in [1.82, 2.24) is 10.6 Å². The number of benzene rings is 2. The fraction of sp³-hybridized carbons (Fsp3) is 0.400. The molecule has 0 radical (unpaired) electrons. The van der Waals surface area contributed by atoms with Gasteiger partial charge in [-0.25, -0.2) is 0 Å². The maximum absolute atomic E-state index is 12.6. The SMILES string of the molecule is Cc1cccc(NC(=O)CNC(=O)CN2CCCc3c(C(=O)NC(C)C)cccc32)c1C. The van der Waals surface area contributed by atoms with Crippen molar-refractivity contribution in [3.63, 3.8) is 0 Å². The molecule has 0 spiro atoms. The predicted octanol–water partition coefficient (Wildman–Crippen LogP) is 2.95. The topological polar surface area (TPSA) is 90.5 Å². The van der Waals surface area contributed by atoms with Crippen molar-refractivity contribution in [3.05, 3.63) is 58.7 Å². The number of carbonyl (C=O) groups is 3. The molecule has 0 saturated carbocycles. The van der Waals surface area contributed by atoms with Crippen LogP contribution < -0.4 is 20.9 Å². The maximum Gasteiger partial charge on any atom is 0.251 e. The summed E-state index contributed by atoms with van der Waals surface area (Å²) < 4.78 is 0. The summed E-state index contributed by atoms with van der Waals surface area (Å²) in [6.07, 6.45) is 1.66. The van der Waals surface area contributed by atoms with Gasteiger partial charge in [0.25, 0.3) is 5.91 Å². The quantitative estimate of drug-likeness (QED) is 0.622. The van der Waals surface area contributed by atoms with Gasteiger partial charge >= 0.3 is 0 Å². The van der Waals surface area contributed by atoms with Crippen LogP contribution in [-0.4, -0.2) is 43.4 Å². The largest absolute Gasteiger partial charge is 0.362 e. The van der Waals surface area contributed by atoms with Gasteiger partial charge in [-0.15, -0.1) is 0 Å². The summed E-state index contributed by atoms with van der Waals surface area (Å²) in [5.74, 6) is -0.587. The van der Waals surface area contributed by atoms with E-state index in [4.69, 9.17) is 0 Å². The molecule has 0 atom stereocenters. The van der Waals surface area contributed by atoms with Gasteiger partial charge in [0.15, 0.2) is 0 Å². The van der Waals surface area contributed by atoms with Gasteiger partial charge in [-0.1, -0.05) is 18.2 Å². The number of rotatable bonds is 7. The van der Waals surface area contributed by atoms with Gasteiger partial charge in [-0.3, -0.25) is 14.4 Å².